The average molecular weight is 365 g/mol. The van der Waals surface area contributed by atoms with Crippen LogP contribution in [0.5, 0.6) is 0 Å². The van der Waals surface area contributed by atoms with Crippen LogP contribution in [0.3, 0.4) is 0 Å². The number of aryl methyl sites for hydroxylation is 1. The molecule has 0 fully saturated rings. The zero-order valence-corrected chi connectivity index (χ0v) is 13.2. The number of halogens is 2. The Labute approximate surface area is 135 Å². The highest BCUT2D eigenvalue weighted by Crippen LogP contribution is 2.18. The normalized spacial score (nSPS) is 10.3. The molecule has 0 radical (unpaired) electrons. The molecule has 0 aliphatic rings. The van der Waals surface area contributed by atoms with E-state index in [2.05, 4.69) is 21.2 Å². The molecule has 22 heavy (non-hydrogen) atoms. The fraction of sp³-hybridized carbons (Fsp3) is 0.125. The van der Waals surface area contributed by atoms with E-state index in [1.165, 1.54) is 12.1 Å². The molecule has 2 amide bonds. The molecule has 0 aliphatic carbocycles. The van der Waals surface area contributed by atoms with E-state index in [1.807, 2.05) is 24.3 Å². The van der Waals surface area contributed by atoms with Gasteiger partial charge in [-0.3, -0.25) is 9.59 Å². The van der Waals surface area contributed by atoms with Gasteiger partial charge in [-0.05, 0) is 36.2 Å². The lowest BCUT2D eigenvalue weighted by atomic mass is 10.1. The quantitative estimate of drug-likeness (QED) is 0.854. The predicted molar refractivity (Wildman–Crippen MR) is 86.0 cm³/mol. The van der Waals surface area contributed by atoms with Gasteiger partial charge in [-0.1, -0.05) is 34.1 Å². The van der Waals surface area contributed by atoms with E-state index in [0.717, 1.165) is 16.1 Å². The second kappa shape index (κ2) is 7.17. The molecule has 4 nitrogen and oxygen atoms in total. The maximum absolute atomic E-state index is 13.4. The first-order valence-electron chi connectivity index (χ1n) is 6.60. The van der Waals surface area contributed by atoms with Crippen LogP contribution < -0.4 is 11.1 Å². The molecule has 6 heteroatoms. The van der Waals surface area contributed by atoms with Gasteiger partial charge in [0.25, 0.3) is 5.91 Å². The van der Waals surface area contributed by atoms with Crippen molar-refractivity contribution in [2.75, 3.05) is 5.32 Å². The van der Waals surface area contributed by atoms with Crippen LogP contribution in [-0.2, 0) is 11.2 Å². The van der Waals surface area contributed by atoms with Gasteiger partial charge < -0.3 is 11.1 Å². The van der Waals surface area contributed by atoms with Gasteiger partial charge in [-0.15, -0.1) is 0 Å². The summed E-state index contributed by atoms with van der Waals surface area (Å²) in [7, 11) is 0. The van der Waals surface area contributed by atoms with Crippen LogP contribution in [0.2, 0.25) is 0 Å². The summed E-state index contributed by atoms with van der Waals surface area (Å²) in [6.07, 6.45) is 0.836. The van der Waals surface area contributed by atoms with E-state index in [4.69, 9.17) is 5.73 Å². The Morgan fingerprint density at radius 3 is 2.59 bits per heavy atom. The van der Waals surface area contributed by atoms with E-state index in [0.29, 0.717) is 12.1 Å². The molecule has 0 bridgehead atoms. The van der Waals surface area contributed by atoms with Gasteiger partial charge >= 0.3 is 0 Å². The number of nitrogens with one attached hydrogen (secondary N) is 1. The molecule has 2 aromatic carbocycles. The molecule has 114 valence electrons. The molecule has 0 aromatic heterocycles. The van der Waals surface area contributed by atoms with Crippen molar-refractivity contribution in [2.45, 2.75) is 12.8 Å². The van der Waals surface area contributed by atoms with Crippen LogP contribution in [0, 0.1) is 5.82 Å². The maximum atomic E-state index is 13.4. The molecule has 0 atom stereocenters. The monoisotopic (exact) mass is 364 g/mol. The minimum atomic E-state index is -0.873. The highest BCUT2D eigenvalue weighted by molar-refractivity contribution is 9.10. The van der Waals surface area contributed by atoms with Gasteiger partial charge in [0.15, 0.2) is 0 Å². The number of rotatable bonds is 5. The molecule has 0 heterocycles. The van der Waals surface area contributed by atoms with Crippen molar-refractivity contribution in [1.82, 2.24) is 0 Å². The number of amides is 2. The van der Waals surface area contributed by atoms with Gasteiger partial charge in [0, 0.05) is 16.6 Å². The molecule has 0 saturated heterocycles. The average Bonchev–Trinajstić information content (AvgIpc) is 2.48. The van der Waals surface area contributed by atoms with Gasteiger partial charge in [0.05, 0.1) is 5.56 Å². The number of benzene rings is 2. The predicted octanol–water partition coefficient (Wildman–Crippen LogP) is 3.26. The number of hydrogen-bond acceptors (Lipinski definition) is 2. The van der Waals surface area contributed by atoms with Crippen LogP contribution in [0.1, 0.15) is 22.3 Å². The zero-order valence-electron chi connectivity index (χ0n) is 11.6. The van der Waals surface area contributed by atoms with Crippen LogP contribution in [-0.4, -0.2) is 11.8 Å². The Balaban J connectivity index is 1.99. The second-order valence-corrected chi connectivity index (χ2v) is 5.55. The molecule has 2 aromatic rings. The van der Waals surface area contributed by atoms with E-state index in [-0.39, 0.29) is 17.9 Å². The highest BCUT2D eigenvalue weighted by atomic mass is 79.9. The van der Waals surface area contributed by atoms with Gasteiger partial charge in [0.1, 0.15) is 5.82 Å². The Bertz CT molecular complexity index is 719. The number of carbonyl (C=O) groups excluding carboxylic acids is 2. The van der Waals surface area contributed by atoms with Crippen molar-refractivity contribution in [3.05, 3.63) is 63.9 Å². The van der Waals surface area contributed by atoms with Crippen LogP contribution >= 0.6 is 15.9 Å². The van der Waals surface area contributed by atoms with Crippen LogP contribution in [0.25, 0.3) is 0 Å². The largest absolute Gasteiger partial charge is 0.366 e. The molecule has 0 saturated carbocycles. The lowest BCUT2D eigenvalue weighted by molar-refractivity contribution is -0.116. The third-order valence-corrected chi connectivity index (χ3v) is 3.87. The molecular formula is C16H14BrFN2O2. The SMILES string of the molecule is NC(=O)c1cc(NC(=O)CCc2ccccc2Br)ccc1F. The third kappa shape index (κ3) is 4.14. The minimum Gasteiger partial charge on any atom is -0.366 e. The Hall–Kier alpha value is -2.21. The topological polar surface area (TPSA) is 72.2 Å². The Kier molecular flexibility index (Phi) is 5.27. The molecule has 0 aliphatic heterocycles. The molecule has 2 rings (SSSR count). The fourth-order valence-electron chi connectivity index (χ4n) is 1.96. The number of hydrogen-bond donors (Lipinski definition) is 2. The van der Waals surface area contributed by atoms with Gasteiger partial charge in [0.2, 0.25) is 5.91 Å². The first kappa shape index (κ1) is 16.2. The molecule has 3 N–H and O–H groups in total. The fourth-order valence-corrected chi connectivity index (χ4v) is 2.45. The van der Waals surface area contributed by atoms with E-state index >= 15 is 0 Å². The summed E-state index contributed by atoms with van der Waals surface area (Å²) in [4.78, 5) is 23.0. The first-order valence-corrected chi connectivity index (χ1v) is 7.39. The minimum absolute atomic E-state index is 0.224. The van der Waals surface area contributed by atoms with E-state index in [9.17, 15) is 14.0 Å². The zero-order chi connectivity index (χ0) is 16.1. The summed E-state index contributed by atoms with van der Waals surface area (Å²) in [6.45, 7) is 0. The Morgan fingerprint density at radius 1 is 1.18 bits per heavy atom. The summed E-state index contributed by atoms with van der Waals surface area (Å²) in [6, 6.07) is 11.4. The molecule has 0 unspecified atom stereocenters. The number of primary amides is 1. The lowest BCUT2D eigenvalue weighted by Crippen LogP contribution is -2.16. The van der Waals surface area contributed by atoms with Crippen molar-refractivity contribution >= 4 is 33.4 Å². The Morgan fingerprint density at radius 2 is 1.91 bits per heavy atom. The van der Waals surface area contributed by atoms with Gasteiger partial charge in [-0.25, -0.2) is 4.39 Å². The summed E-state index contributed by atoms with van der Waals surface area (Å²) in [5, 5.41) is 2.63. The highest BCUT2D eigenvalue weighted by Gasteiger charge is 2.11. The van der Waals surface area contributed by atoms with Crippen molar-refractivity contribution in [2.24, 2.45) is 5.73 Å². The number of nitrogens with two attached hydrogens (primary N) is 1. The lowest BCUT2D eigenvalue weighted by Gasteiger charge is -2.08. The van der Waals surface area contributed by atoms with E-state index < -0.39 is 11.7 Å². The molecular weight excluding hydrogens is 351 g/mol. The second-order valence-electron chi connectivity index (χ2n) is 4.70. The summed E-state index contributed by atoms with van der Waals surface area (Å²) in [5.41, 5.74) is 6.18. The first-order chi connectivity index (χ1) is 10.5. The standard InChI is InChI=1S/C16H14BrFN2O2/c17-13-4-2-1-3-10(13)5-8-15(21)20-11-6-7-14(18)12(9-11)16(19)22/h1-4,6-7,9H,5,8H2,(H2,19,22)(H,20,21). The third-order valence-electron chi connectivity index (χ3n) is 3.09. The summed E-state index contributed by atoms with van der Waals surface area (Å²) in [5.74, 6) is -1.81. The van der Waals surface area contributed by atoms with Crippen molar-refractivity contribution < 1.29 is 14.0 Å². The van der Waals surface area contributed by atoms with Gasteiger partial charge in [-0.2, -0.15) is 0 Å². The molecule has 0 spiro atoms. The smallest absolute Gasteiger partial charge is 0.251 e. The summed E-state index contributed by atoms with van der Waals surface area (Å²) >= 11 is 3.42. The van der Waals surface area contributed by atoms with Crippen molar-refractivity contribution in [3.8, 4) is 0 Å². The van der Waals surface area contributed by atoms with Crippen molar-refractivity contribution in [1.29, 1.82) is 0 Å². The maximum Gasteiger partial charge on any atom is 0.251 e. The summed E-state index contributed by atoms with van der Waals surface area (Å²) < 4.78 is 14.3. The number of anilines is 1. The number of carbonyl (C=O) groups is 2. The van der Waals surface area contributed by atoms with Crippen molar-refractivity contribution in [3.63, 3.8) is 0 Å². The van der Waals surface area contributed by atoms with Crippen LogP contribution in [0.4, 0.5) is 10.1 Å². The van der Waals surface area contributed by atoms with Crippen LogP contribution in [0.15, 0.2) is 46.9 Å². The van der Waals surface area contributed by atoms with E-state index in [1.54, 1.807) is 0 Å².